The molecule has 0 amide bonds. The highest BCUT2D eigenvalue weighted by molar-refractivity contribution is 5.78. The van der Waals surface area contributed by atoms with Gasteiger partial charge < -0.3 is 10.0 Å². The van der Waals surface area contributed by atoms with E-state index in [4.69, 9.17) is 0 Å². The van der Waals surface area contributed by atoms with Crippen LogP contribution in [0.2, 0.25) is 0 Å². The van der Waals surface area contributed by atoms with Gasteiger partial charge in [-0.25, -0.2) is 0 Å². The first-order chi connectivity index (χ1) is 8.82. The van der Waals surface area contributed by atoms with Crippen LogP contribution < -0.4 is 5.32 Å². The van der Waals surface area contributed by atoms with Crippen LogP contribution in [0.3, 0.4) is 0 Å². The van der Waals surface area contributed by atoms with Crippen LogP contribution >= 0.6 is 0 Å². The molecule has 110 valence electrons. The standard InChI is InChI=1S/C14H27N3O2/c1-10-7-17(8-12(10)16(3)4)9-14(2,13(18)19)15-11-5-6-11/h10-12,15H,5-9H2,1-4H3,(H,18,19). The summed E-state index contributed by atoms with van der Waals surface area (Å²) in [5.41, 5.74) is -0.817. The van der Waals surface area contributed by atoms with E-state index < -0.39 is 11.5 Å². The third kappa shape index (κ3) is 3.46. The molecule has 0 aromatic rings. The average molecular weight is 269 g/mol. The molecule has 19 heavy (non-hydrogen) atoms. The summed E-state index contributed by atoms with van der Waals surface area (Å²) < 4.78 is 0. The number of carbonyl (C=O) groups is 1. The van der Waals surface area contributed by atoms with E-state index in [1.807, 2.05) is 6.92 Å². The topological polar surface area (TPSA) is 55.8 Å². The number of carboxylic acid groups (broad SMARTS) is 1. The summed E-state index contributed by atoms with van der Waals surface area (Å²) in [4.78, 5) is 16.1. The lowest BCUT2D eigenvalue weighted by atomic mass is 10.0. The molecule has 1 aliphatic heterocycles. The van der Waals surface area contributed by atoms with Crippen molar-refractivity contribution in [3.05, 3.63) is 0 Å². The molecule has 1 saturated carbocycles. The first kappa shape index (κ1) is 14.8. The summed E-state index contributed by atoms with van der Waals surface area (Å²) in [6.45, 7) is 6.60. The van der Waals surface area contributed by atoms with Crippen LogP contribution in [0.15, 0.2) is 0 Å². The zero-order chi connectivity index (χ0) is 14.2. The Morgan fingerprint density at radius 2 is 2.05 bits per heavy atom. The molecule has 0 bridgehead atoms. The first-order valence-corrected chi connectivity index (χ1v) is 7.21. The van der Waals surface area contributed by atoms with Crippen LogP contribution in [0.5, 0.6) is 0 Å². The van der Waals surface area contributed by atoms with Crippen molar-refractivity contribution >= 4 is 5.97 Å². The molecule has 0 radical (unpaired) electrons. The minimum atomic E-state index is -0.817. The average Bonchev–Trinajstić information content (AvgIpc) is 3.00. The van der Waals surface area contributed by atoms with Gasteiger partial charge >= 0.3 is 5.97 Å². The van der Waals surface area contributed by atoms with Crippen LogP contribution in [-0.4, -0.2) is 72.2 Å². The maximum Gasteiger partial charge on any atom is 0.324 e. The zero-order valence-electron chi connectivity index (χ0n) is 12.5. The number of hydrogen-bond donors (Lipinski definition) is 2. The van der Waals surface area contributed by atoms with Crippen LogP contribution in [0.1, 0.15) is 26.7 Å². The van der Waals surface area contributed by atoms with Crippen LogP contribution in [0.4, 0.5) is 0 Å². The van der Waals surface area contributed by atoms with Crippen molar-refractivity contribution in [2.24, 2.45) is 5.92 Å². The Morgan fingerprint density at radius 1 is 1.42 bits per heavy atom. The number of rotatable bonds is 6. The number of aliphatic carboxylic acids is 1. The predicted molar refractivity (Wildman–Crippen MR) is 75.3 cm³/mol. The largest absolute Gasteiger partial charge is 0.480 e. The van der Waals surface area contributed by atoms with E-state index in [0.29, 0.717) is 24.5 Å². The lowest BCUT2D eigenvalue weighted by Gasteiger charge is -2.31. The molecular formula is C14H27N3O2. The van der Waals surface area contributed by atoms with Crippen molar-refractivity contribution in [3.63, 3.8) is 0 Å². The van der Waals surface area contributed by atoms with Gasteiger partial charge in [0.2, 0.25) is 0 Å². The second kappa shape index (κ2) is 5.38. The molecule has 3 atom stereocenters. The van der Waals surface area contributed by atoms with Gasteiger partial charge in [0, 0.05) is 31.7 Å². The summed E-state index contributed by atoms with van der Waals surface area (Å²) in [7, 11) is 4.20. The number of nitrogens with one attached hydrogen (secondary N) is 1. The number of carboxylic acids is 1. The smallest absolute Gasteiger partial charge is 0.324 e. The monoisotopic (exact) mass is 269 g/mol. The van der Waals surface area contributed by atoms with E-state index >= 15 is 0 Å². The Bertz CT molecular complexity index is 344. The second-order valence-corrected chi connectivity index (χ2v) is 6.76. The molecule has 2 aliphatic rings. The van der Waals surface area contributed by atoms with E-state index in [9.17, 15) is 9.90 Å². The normalized spacial score (nSPS) is 31.6. The minimum Gasteiger partial charge on any atom is -0.480 e. The van der Waals surface area contributed by atoms with Gasteiger partial charge in [-0.1, -0.05) is 6.92 Å². The van der Waals surface area contributed by atoms with Gasteiger partial charge in [-0.2, -0.15) is 0 Å². The second-order valence-electron chi connectivity index (χ2n) is 6.76. The van der Waals surface area contributed by atoms with Crippen molar-refractivity contribution in [3.8, 4) is 0 Å². The zero-order valence-corrected chi connectivity index (χ0v) is 12.5. The number of hydrogen-bond acceptors (Lipinski definition) is 4. The Morgan fingerprint density at radius 3 is 2.47 bits per heavy atom. The van der Waals surface area contributed by atoms with Gasteiger partial charge in [0.1, 0.15) is 5.54 Å². The Kier molecular flexibility index (Phi) is 4.18. The highest BCUT2D eigenvalue weighted by Crippen LogP contribution is 2.26. The molecule has 0 aromatic carbocycles. The lowest BCUT2D eigenvalue weighted by molar-refractivity contribution is -0.145. The maximum absolute atomic E-state index is 11.6. The molecule has 1 saturated heterocycles. The Balaban J connectivity index is 1.96. The SMILES string of the molecule is CC1CN(CC(C)(NC2CC2)C(=O)O)CC1N(C)C. The molecule has 0 aromatic heterocycles. The van der Waals surface area contributed by atoms with Crippen molar-refractivity contribution in [2.75, 3.05) is 33.7 Å². The van der Waals surface area contributed by atoms with E-state index in [1.165, 1.54) is 0 Å². The Labute approximate surface area is 115 Å². The molecule has 2 N–H and O–H groups in total. The minimum absolute atomic E-state index is 0.408. The van der Waals surface area contributed by atoms with Crippen molar-refractivity contribution in [1.29, 1.82) is 0 Å². The predicted octanol–water partition coefficient (Wildman–Crippen LogP) is 0.464. The van der Waals surface area contributed by atoms with Crippen LogP contribution in [0.25, 0.3) is 0 Å². The van der Waals surface area contributed by atoms with E-state index in [-0.39, 0.29) is 0 Å². The van der Waals surface area contributed by atoms with Gasteiger partial charge in [0.25, 0.3) is 0 Å². The van der Waals surface area contributed by atoms with Gasteiger partial charge in [-0.05, 0) is 39.8 Å². The fourth-order valence-electron chi connectivity index (χ4n) is 3.15. The summed E-state index contributed by atoms with van der Waals surface area (Å²) in [5, 5.41) is 12.8. The molecule has 3 unspecified atom stereocenters. The molecular weight excluding hydrogens is 242 g/mol. The Hall–Kier alpha value is -0.650. The highest BCUT2D eigenvalue weighted by Gasteiger charge is 2.42. The molecule has 5 heteroatoms. The quantitative estimate of drug-likeness (QED) is 0.734. The third-order valence-corrected chi connectivity index (χ3v) is 4.42. The van der Waals surface area contributed by atoms with Crippen molar-refractivity contribution < 1.29 is 9.90 Å². The summed E-state index contributed by atoms with van der Waals surface area (Å²) in [5.74, 6) is -0.144. The van der Waals surface area contributed by atoms with Crippen molar-refractivity contribution in [1.82, 2.24) is 15.1 Å². The fraction of sp³-hybridized carbons (Fsp3) is 0.929. The number of nitrogens with zero attached hydrogens (tertiary/aromatic N) is 2. The van der Waals surface area contributed by atoms with E-state index in [0.717, 1.165) is 25.9 Å². The molecule has 0 spiro atoms. The summed E-state index contributed by atoms with van der Waals surface area (Å²) in [6, 6.07) is 0.935. The lowest BCUT2D eigenvalue weighted by Crippen LogP contribution is -2.57. The maximum atomic E-state index is 11.6. The van der Waals surface area contributed by atoms with Gasteiger partial charge in [-0.15, -0.1) is 0 Å². The number of likely N-dealkylation sites (N-methyl/N-ethyl adjacent to an activating group) is 1. The van der Waals surface area contributed by atoms with Crippen LogP contribution in [-0.2, 0) is 4.79 Å². The van der Waals surface area contributed by atoms with Gasteiger partial charge in [-0.3, -0.25) is 15.0 Å². The molecule has 1 heterocycles. The van der Waals surface area contributed by atoms with Gasteiger partial charge in [0.05, 0.1) is 0 Å². The van der Waals surface area contributed by atoms with Crippen molar-refractivity contribution in [2.45, 2.75) is 44.3 Å². The molecule has 1 aliphatic carbocycles. The van der Waals surface area contributed by atoms with Crippen LogP contribution in [0, 0.1) is 5.92 Å². The summed E-state index contributed by atoms with van der Waals surface area (Å²) >= 11 is 0. The molecule has 5 nitrogen and oxygen atoms in total. The third-order valence-electron chi connectivity index (χ3n) is 4.42. The van der Waals surface area contributed by atoms with E-state index in [1.54, 1.807) is 0 Å². The van der Waals surface area contributed by atoms with E-state index in [2.05, 4.69) is 36.1 Å². The molecule has 2 fully saturated rings. The van der Waals surface area contributed by atoms with Gasteiger partial charge in [0.15, 0.2) is 0 Å². The highest BCUT2D eigenvalue weighted by atomic mass is 16.4. The molecule has 2 rings (SSSR count). The number of likely N-dealkylation sites (tertiary alicyclic amines) is 1. The first-order valence-electron chi connectivity index (χ1n) is 7.21. The summed E-state index contributed by atoms with van der Waals surface area (Å²) in [6.07, 6.45) is 2.22. The fourth-order valence-corrected chi connectivity index (χ4v) is 3.15.